The first kappa shape index (κ1) is 14.4. The van der Waals surface area contributed by atoms with Crippen LogP contribution < -0.4 is 5.32 Å². The average Bonchev–Trinajstić information content (AvgIpc) is 2.35. The van der Waals surface area contributed by atoms with Crippen molar-refractivity contribution in [3.8, 4) is 6.07 Å². The Morgan fingerprint density at radius 1 is 1.61 bits per heavy atom. The Morgan fingerprint density at radius 2 is 2.33 bits per heavy atom. The van der Waals surface area contributed by atoms with Crippen molar-refractivity contribution in [1.82, 2.24) is 10.2 Å². The lowest BCUT2D eigenvalue weighted by Gasteiger charge is -2.18. The molecule has 18 heavy (non-hydrogen) atoms. The molecule has 0 spiro atoms. The lowest BCUT2D eigenvalue weighted by Crippen LogP contribution is -2.40. The molecule has 4 nitrogen and oxygen atoms in total. The van der Waals surface area contributed by atoms with E-state index >= 15 is 0 Å². The summed E-state index contributed by atoms with van der Waals surface area (Å²) in [6, 6.07) is 8.61. The molecule has 0 saturated heterocycles. The number of thiocarbonyl (C=S) groups is 1. The van der Waals surface area contributed by atoms with Crippen molar-refractivity contribution in [3.63, 3.8) is 0 Å². The molecule has 1 aromatic rings. The molecule has 0 fully saturated rings. The van der Waals surface area contributed by atoms with Gasteiger partial charge in [0.05, 0.1) is 12.5 Å². The van der Waals surface area contributed by atoms with Crippen LogP contribution in [-0.4, -0.2) is 29.5 Å². The number of hydrogen-bond acceptors (Lipinski definition) is 3. The number of benzene rings is 1. The van der Waals surface area contributed by atoms with Crippen LogP contribution in [0.5, 0.6) is 0 Å². The second-order valence-corrected chi connectivity index (χ2v) is 4.42. The Labute approximate surface area is 116 Å². The highest BCUT2D eigenvalue weighted by Crippen LogP contribution is 2.10. The standard InChI is InChI=1S/C12H12ClN3OS/c1-16(7-3-6-14)12(18)15-11(17)9-4-2-5-10(13)8-9/h2,4-5,8H,3,7H2,1H3,(H,15,17,18). The predicted molar refractivity (Wildman–Crippen MR) is 74.4 cm³/mol. The third kappa shape index (κ3) is 4.32. The highest BCUT2D eigenvalue weighted by Gasteiger charge is 2.10. The molecule has 1 N–H and O–H groups in total. The monoisotopic (exact) mass is 281 g/mol. The van der Waals surface area contributed by atoms with E-state index in [1.54, 1.807) is 36.2 Å². The fourth-order valence-electron chi connectivity index (χ4n) is 1.21. The predicted octanol–water partition coefficient (Wildman–Crippen LogP) is 2.20. The largest absolute Gasteiger partial charge is 0.351 e. The van der Waals surface area contributed by atoms with E-state index in [0.717, 1.165) is 0 Å². The van der Waals surface area contributed by atoms with Gasteiger partial charge in [0, 0.05) is 24.2 Å². The molecule has 0 radical (unpaired) electrons. The van der Waals surface area contributed by atoms with Crippen molar-refractivity contribution in [2.75, 3.05) is 13.6 Å². The Bertz CT molecular complexity index is 498. The molecule has 1 aromatic carbocycles. The molecule has 0 aliphatic carbocycles. The van der Waals surface area contributed by atoms with Gasteiger partial charge >= 0.3 is 0 Å². The quantitative estimate of drug-likeness (QED) is 0.863. The zero-order chi connectivity index (χ0) is 13.5. The molecule has 6 heteroatoms. The van der Waals surface area contributed by atoms with Crippen molar-refractivity contribution in [3.05, 3.63) is 34.9 Å². The summed E-state index contributed by atoms with van der Waals surface area (Å²) in [5, 5.41) is 11.8. The molecule has 1 rings (SSSR count). The minimum atomic E-state index is -0.314. The van der Waals surface area contributed by atoms with Crippen LogP contribution in [0.4, 0.5) is 0 Å². The molecule has 0 heterocycles. The van der Waals surface area contributed by atoms with Crippen LogP contribution in [0.25, 0.3) is 0 Å². The van der Waals surface area contributed by atoms with E-state index < -0.39 is 0 Å². The molecule has 0 aromatic heterocycles. The number of carbonyl (C=O) groups excluding carboxylic acids is 1. The number of amides is 1. The summed E-state index contributed by atoms with van der Waals surface area (Å²) in [6.07, 6.45) is 0.351. The van der Waals surface area contributed by atoms with Gasteiger partial charge in [0.25, 0.3) is 5.91 Å². The number of nitrogens with zero attached hydrogens (tertiary/aromatic N) is 2. The molecule has 0 unspecified atom stereocenters. The van der Waals surface area contributed by atoms with E-state index in [2.05, 4.69) is 5.32 Å². The maximum absolute atomic E-state index is 11.8. The highest BCUT2D eigenvalue weighted by molar-refractivity contribution is 7.80. The topological polar surface area (TPSA) is 56.1 Å². The summed E-state index contributed by atoms with van der Waals surface area (Å²) in [5.74, 6) is -0.314. The van der Waals surface area contributed by atoms with Gasteiger partial charge in [-0.15, -0.1) is 0 Å². The third-order valence-electron chi connectivity index (χ3n) is 2.21. The first-order valence-corrected chi connectivity index (χ1v) is 6.02. The van der Waals surface area contributed by atoms with Crippen molar-refractivity contribution in [2.45, 2.75) is 6.42 Å². The van der Waals surface area contributed by atoms with Crippen molar-refractivity contribution in [1.29, 1.82) is 5.26 Å². The number of hydrogen-bond donors (Lipinski definition) is 1. The third-order valence-corrected chi connectivity index (χ3v) is 2.86. The van der Waals surface area contributed by atoms with Crippen LogP contribution in [0.3, 0.4) is 0 Å². The lowest BCUT2D eigenvalue weighted by atomic mass is 10.2. The Balaban J connectivity index is 2.60. The second-order valence-electron chi connectivity index (χ2n) is 3.60. The van der Waals surface area contributed by atoms with Crippen LogP contribution in [0.15, 0.2) is 24.3 Å². The normalized spacial score (nSPS) is 9.39. The first-order valence-electron chi connectivity index (χ1n) is 5.23. The van der Waals surface area contributed by atoms with E-state index in [1.807, 2.05) is 6.07 Å². The van der Waals surface area contributed by atoms with Gasteiger partial charge in [-0.1, -0.05) is 17.7 Å². The number of nitriles is 1. The van der Waals surface area contributed by atoms with Crippen LogP contribution in [0.1, 0.15) is 16.8 Å². The van der Waals surface area contributed by atoms with Gasteiger partial charge in [-0.05, 0) is 30.4 Å². The summed E-state index contributed by atoms with van der Waals surface area (Å²) in [7, 11) is 1.72. The summed E-state index contributed by atoms with van der Waals surface area (Å²) in [6.45, 7) is 0.477. The molecule has 94 valence electrons. The second kappa shape index (κ2) is 6.94. The van der Waals surface area contributed by atoms with Crippen LogP contribution in [-0.2, 0) is 0 Å². The summed E-state index contributed by atoms with van der Waals surface area (Å²) < 4.78 is 0. The highest BCUT2D eigenvalue weighted by atomic mass is 35.5. The Hall–Kier alpha value is -1.64. The van der Waals surface area contributed by atoms with Crippen LogP contribution in [0, 0.1) is 11.3 Å². The molecular formula is C12H12ClN3OS. The van der Waals surface area contributed by atoms with E-state index in [9.17, 15) is 4.79 Å². The number of rotatable bonds is 3. The number of halogens is 1. The maximum atomic E-state index is 11.8. The minimum Gasteiger partial charge on any atom is -0.351 e. The van der Waals surface area contributed by atoms with E-state index in [0.29, 0.717) is 23.6 Å². The minimum absolute atomic E-state index is 0.287. The molecular weight excluding hydrogens is 270 g/mol. The van der Waals surface area contributed by atoms with E-state index in [-0.39, 0.29) is 11.0 Å². The average molecular weight is 282 g/mol. The van der Waals surface area contributed by atoms with Gasteiger partial charge < -0.3 is 4.90 Å². The summed E-state index contributed by atoms with van der Waals surface area (Å²) in [5.41, 5.74) is 0.443. The molecule has 0 saturated carbocycles. The summed E-state index contributed by atoms with van der Waals surface area (Å²) in [4.78, 5) is 13.5. The maximum Gasteiger partial charge on any atom is 0.257 e. The Morgan fingerprint density at radius 3 is 2.94 bits per heavy atom. The SMILES string of the molecule is CN(CCC#N)C(=S)NC(=O)c1cccc(Cl)c1. The van der Waals surface area contributed by atoms with Crippen LogP contribution in [0.2, 0.25) is 5.02 Å². The van der Waals surface area contributed by atoms with Gasteiger partial charge in [0.2, 0.25) is 0 Å². The molecule has 0 atom stereocenters. The zero-order valence-corrected chi connectivity index (χ0v) is 11.4. The number of nitrogens with one attached hydrogen (secondary N) is 1. The number of carbonyl (C=O) groups is 1. The van der Waals surface area contributed by atoms with E-state index in [4.69, 9.17) is 29.1 Å². The lowest BCUT2D eigenvalue weighted by molar-refractivity contribution is 0.0974. The molecule has 0 bridgehead atoms. The smallest absolute Gasteiger partial charge is 0.257 e. The van der Waals surface area contributed by atoms with Gasteiger partial charge in [-0.25, -0.2) is 0 Å². The molecule has 1 amide bonds. The van der Waals surface area contributed by atoms with Crippen LogP contribution >= 0.6 is 23.8 Å². The van der Waals surface area contributed by atoms with Gasteiger partial charge in [-0.3, -0.25) is 10.1 Å². The van der Waals surface area contributed by atoms with Crippen molar-refractivity contribution in [2.24, 2.45) is 0 Å². The van der Waals surface area contributed by atoms with Gasteiger partial charge in [0.1, 0.15) is 0 Å². The summed E-state index contributed by atoms with van der Waals surface area (Å²) >= 11 is 10.8. The zero-order valence-electron chi connectivity index (χ0n) is 9.81. The fourth-order valence-corrected chi connectivity index (χ4v) is 1.59. The molecule has 0 aliphatic heterocycles. The molecule has 0 aliphatic rings. The van der Waals surface area contributed by atoms with Gasteiger partial charge in [-0.2, -0.15) is 5.26 Å². The van der Waals surface area contributed by atoms with Crippen molar-refractivity contribution < 1.29 is 4.79 Å². The first-order chi connectivity index (χ1) is 8.54. The van der Waals surface area contributed by atoms with E-state index in [1.165, 1.54) is 0 Å². The van der Waals surface area contributed by atoms with Gasteiger partial charge in [0.15, 0.2) is 5.11 Å². The fraction of sp³-hybridized carbons (Fsp3) is 0.250. The Kier molecular flexibility index (Phi) is 5.56. The van der Waals surface area contributed by atoms with Crippen molar-refractivity contribution >= 4 is 34.8 Å².